The smallest absolute Gasteiger partial charge is 0.0846 e. The van der Waals surface area contributed by atoms with Gasteiger partial charge in [-0.1, -0.05) is 24.9 Å². The predicted molar refractivity (Wildman–Crippen MR) is 68.8 cm³/mol. The van der Waals surface area contributed by atoms with Gasteiger partial charge in [0.05, 0.1) is 16.4 Å². The average Bonchev–Trinajstić information content (AvgIpc) is 2.45. The van der Waals surface area contributed by atoms with Crippen LogP contribution in [0, 0.1) is 6.92 Å². The van der Waals surface area contributed by atoms with E-state index in [1.165, 1.54) is 0 Å². The Bertz CT molecular complexity index is 333. The van der Waals surface area contributed by atoms with Crippen LogP contribution in [0.15, 0.2) is 0 Å². The van der Waals surface area contributed by atoms with Crippen LogP contribution in [0.1, 0.15) is 44.0 Å². The van der Waals surface area contributed by atoms with E-state index in [0.717, 1.165) is 48.5 Å². The Morgan fingerprint density at radius 2 is 2.12 bits per heavy atom. The van der Waals surface area contributed by atoms with Gasteiger partial charge in [-0.3, -0.25) is 4.68 Å². The van der Waals surface area contributed by atoms with Crippen molar-refractivity contribution in [1.82, 2.24) is 9.78 Å². The number of hydrogen-bond donors (Lipinski definition) is 1. The normalized spacial score (nSPS) is 13.1. The monoisotopic (exact) mass is 243 g/mol. The highest BCUT2D eigenvalue weighted by molar-refractivity contribution is 6.31. The molecule has 1 aromatic rings. The second kappa shape index (κ2) is 6.26. The Labute approximate surface area is 103 Å². The molecule has 1 aromatic heterocycles. The Hall–Kier alpha value is -0.540. The fourth-order valence-corrected chi connectivity index (χ4v) is 2.25. The number of nitrogens with zero attached hydrogens (tertiary/aromatic N) is 2. The SMILES string of the molecule is CCCC(N)CCCc1c(Cl)c(C)nn1C. The fourth-order valence-electron chi connectivity index (χ4n) is 2.00. The highest BCUT2D eigenvalue weighted by atomic mass is 35.5. The highest BCUT2D eigenvalue weighted by Gasteiger charge is 2.11. The topological polar surface area (TPSA) is 43.8 Å². The third-order valence-corrected chi connectivity index (χ3v) is 3.40. The van der Waals surface area contributed by atoms with Crippen molar-refractivity contribution in [2.45, 2.75) is 52.0 Å². The van der Waals surface area contributed by atoms with Gasteiger partial charge in [0.2, 0.25) is 0 Å². The fraction of sp³-hybridized carbons (Fsp3) is 0.750. The van der Waals surface area contributed by atoms with Gasteiger partial charge in [0.1, 0.15) is 0 Å². The molecule has 0 radical (unpaired) electrons. The summed E-state index contributed by atoms with van der Waals surface area (Å²) in [5.41, 5.74) is 8.02. The number of aryl methyl sites for hydroxylation is 2. The van der Waals surface area contributed by atoms with Gasteiger partial charge < -0.3 is 5.73 Å². The molecule has 16 heavy (non-hydrogen) atoms. The van der Waals surface area contributed by atoms with Crippen LogP contribution in [0.4, 0.5) is 0 Å². The molecule has 0 saturated carbocycles. The lowest BCUT2D eigenvalue weighted by Crippen LogP contribution is -2.19. The molecular weight excluding hydrogens is 222 g/mol. The van der Waals surface area contributed by atoms with Crippen molar-refractivity contribution >= 4 is 11.6 Å². The summed E-state index contributed by atoms with van der Waals surface area (Å²) in [5.74, 6) is 0. The van der Waals surface area contributed by atoms with Crippen molar-refractivity contribution in [1.29, 1.82) is 0 Å². The maximum Gasteiger partial charge on any atom is 0.0846 e. The number of hydrogen-bond acceptors (Lipinski definition) is 2. The maximum atomic E-state index is 6.18. The van der Waals surface area contributed by atoms with E-state index in [-0.39, 0.29) is 0 Å². The first kappa shape index (κ1) is 13.5. The second-order valence-electron chi connectivity index (χ2n) is 4.41. The van der Waals surface area contributed by atoms with Crippen LogP contribution in [0.5, 0.6) is 0 Å². The minimum Gasteiger partial charge on any atom is -0.328 e. The molecule has 1 unspecified atom stereocenters. The van der Waals surface area contributed by atoms with Gasteiger partial charge in [-0.05, 0) is 32.6 Å². The molecule has 0 aromatic carbocycles. The van der Waals surface area contributed by atoms with E-state index in [9.17, 15) is 0 Å². The third-order valence-electron chi connectivity index (χ3n) is 2.91. The predicted octanol–water partition coefficient (Wildman–Crippen LogP) is 2.83. The van der Waals surface area contributed by atoms with Crippen molar-refractivity contribution in [3.63, 3.8) is 0 Å². The van der Waals surface area contributed by atoms with Crippen molar-refractivity contribution in [2.75, 3.05) is 0 Å². The van der Waals surface area contributed by atoms with Crippen LogP contribution in [0.25, 0.3) is 0 Å². The standard InChI is InChI=1S/C12H22ClN3/c1-4-6-10(14)7-5-8-11-12(13)9(2)15-16(11)3/h10H,4-8,14H2,1-3H3. The molecule has 3 nitrogen and oxygen atoms in total. The maximum absolute atomic E-state index is 6.18. The van der Waals surface area contributed by atoms with E-state index >= 15 is 0 Å². The van der Waals surface area contributed by atoms with Gasteiger partial charge >= 0.3 is 0 Å². The van der Waals surface area contributed by atoms with Gasteiger partial charge in [-0.25, -0.2) is 0 Å². The summed E-state index contributed by atoms with van der Waals surface area (Å²) in [6.07, 6.45) is 5.38. The molecular formula is C12H22ClN3. The van der Waals surface area contributed by atoms with Crippen molar-refractivity contribution in [2.24, 2.45) is 12.8 Å². The zero-order valence-corrected chi connectivity index (χ0v) is 11.2. The van der Waals surface area contributed by atoms with Crippen molar-refractivity contribution in [3.8, 4) is 0 Å². The Morgan fingerprint density at radius 1 is 1.44 bits per heavy atom. The molecule has 0 amide bonds. The van der Waals surface area contributed by atoms with Crippen LogP contribution in [0.3, 0.4) is 0 Å². The van der Waals surface area contributed by atoms with Gasteiger partial charge in [0.25, 0.3) is 0 Å². The molecule has 92 valence electrons. The Balaban J connectivity index is 2.43. The summed E-state index contributed by atoms with van der Waals surface area (Å²) in [5, 5.41) is 5.11. The van der Waals surface area contributed by atoms with Gasteiger partial charge in [-0.2, -0.15) is 5.10 Å². The second-order valence-corrected chi connectivity index (χ2v) is 4.79. The number of aromatic nitrogens is 2. The molecule has 2 N–H and O–H groups in total. The van der Waals surface area contributed by atoms with Crippen LogP contribution in [-0.4, -0.2) is 15.8 Å². The zero-order chi connectivity index (χ0) is 12.1. The van der Waals surface area contributed by atoms with E-state index in [2.05, 4.69) is 12.0 Å². The first-order valence-corrected chi connectivity index (χ1v) is 6.37. The van der Waals surface area contributed by atoms with Crippen LogP contribution in [0.2, 0.25) is 5.02 Å². The summed E-state index contributed by atoms with van der Waals surface area (Å²) in [4.78, 5) is 0. The molecule has 0 bridgehead atoms. The zero-order valence-electron chi connectivity index (χ0n) is 10.5. The molecule has 0 aliphatic carbocycles. The molecule has 0 aliphatic rings. The van der Waals surface area contributed by atoms with Crippen molar-refractivity contribution < 1.29 is 0 Å². The number of halogens is 1. The van der Waals surface area contributed by atoms with E-state index in [4.69, 9.17) is 17.3 Å². The quantitative estimate of drug-likeness (QED) is 0.835. The largest absolute Gasteiger partial charge is 0.328 e. The molecule has 1 atom stereocenters. The van der Waals surface area contributed by atoms with Gasteiger partial charge in [-0.15, -0.1) is 0 Å². The molecule has 0 aliphatic heterocycles. The number of nitrogens with two attached hydrogens (primary N) is 1. The highest BCUT2D eigenvalue weighted by Crippen LogP contribution is 2.21. The lowest BCUT2D eigenvalue weighted by Gasteiger charge is -2.09. The molecule has 0 fully saturated rings. The van der Waals surface area contributed by atoms with Crippen LogP contribution >= 0.6 is 11.6 Å². The minimum absolute atomic E-state index is 0.332. The first-order valence-electron chi connectivity index (χ1n) is 5.99. The van der Waals surface area contributed by atoms with E-state index in [1.54, 1.807) is 0 Å². The van der Waals surface area contributed by atoms with E-state index < -0.39 is 0 Å². The Kier molecular flexibility index (Phi) is 5.29. The number of rotatable bonds is 6. The summed E-state index contributed by atoms with van der Waals surface area (Å²) >= 11 is 6.18. The lowest BCUT2D eigenvalue weighted by atomic mass is 10.0. The summed E-state index contributed by atoms with van der Waals surface area (Å²) < 4.78 is 1.88. The van der Waals surface area contributed by atoms with E-state index in [1.807, 2.05) is 18.7 Å². The lowest BCUT2D eigenvalue weighted by molar-refractivity contribution is 0.532. The Morgan fingerprint density at radius 3 is 2.62 bits per heavy atom. The summed E-state index contributed by atoms with van der Waals surface area (Å²) in [6.45, 7) is 4.11. The van der Waals surface area contributed by atoms with Gasteiger partial charge in [0, 0.05) is 13.1 Å². The molecule has 4 heteroatoms. The molecule has 1 rings (SSSR count). The van der Waals surface area contributed by atoms with Crippen molar-refractivity contribution in [3.05, 3.63) is 16.4 Å². The van der Waals surface area contributed by atoms with Crippen LogP contribution in [-0.2, 0) is 13.5 Å². The average molecular weight is 244 g/mol. The van der Waals surface area contributed by atoms with Crippen LogP contribution < -0.4 is 5.73 Å². The first-order chi connectivity index (χ1) is 7.56. The summed E-state index contributed by atoms with van der Waals surface area (Å²) in [7, 11) is 1.94. The van der Waals surface area contributed by atoms with Gasteiger partial charge in [0.15, 0.2) is 0 Å². The minimum atomic E-state index is 0.332. The summed E-state index contributed by atoms with van der Waals surface area (Å²) in [6, 6.07) is 0.332. The third kappa shape index (κ3) is 3.49. The molecule has 1 heterocycles. The molecule has 0 saturated heterocycles. The van der Waals surface area contributed by atoms with E-state index in [0.29, 0.717) is 6.04 Å². The molecule has 0 spiro atoms.